The third-order valence-electron chi connectivity index (χ3n) is 4.41. The zero-order chi connectivity index (χ0) is 17.7. The van der Waals surface area contributed by atoms with Crippen molar-refractivity contribution in [3.05, 3.63) is 0 Å². The standard InChI is InChI=1S/C11H16N4O8S/c12-10(17)7-2-1-6-5-15(7,22-9-4-13-3-8(9)16)11(18)14(6)23-24(19,20)21/h6-7,9,13H,1-5H2,(H2-,12,17,19,20,21)/p+1/t6-,7+,9?,15?/m1/s1. The largest absolute Gasteiger partial charge is 0.477 e. The predicted molar refractivity (Wildman–Crippen MR) is 73.8 cm³/mol. The number of rotatable bonds is 5. The normalized spacial score (nSPS) is 36.4. The number of primary amides is 1. The second kappa shape index (κ2) is 5.72. The summed E-state index contributed by atoms with van der Waals surface area (Å²) in [4.78, 5) is 42.0. The summed E-state index contributed by atoms with van der Waals surface area (Å²) in [7, 11) is -4.94. The summed E-state index contributed by atoms with van der Waals surface area (Å²) in [6, 6.07) is -2.82. The number of hydroxylamine groups is 5. The molecule has 2 unspecified atom stereocenters. The van der Waals surface area contributed by atoms with Gasteiger partial charge in [-0.15, -0.1) is 9.35 Å². The number of quaternary nitrogens is 1. The van der Waals surface area contributed by atoms with E-state index in [1.807, 2.05) is 0 Å². The van der Waals surface area contributed by atoms with Crippen LogP contribution in [-0.4, -0.2) is 78.2 Å². The van der Waals surface area contributed by atoms with Gasteiger partial charge in [0.15, 0.2) is 11.9 Å². The van der Waals surface area contributed by atoms with Crippen LogP contribution in [0.15, 0.2) is 0 Å². The van der Waals surface area contributed by atoms with Crippen LogP contribution in [0.2, 0.25) is 0 Å². The lowest BCUT2D eigenvalue weighted by Crippen LogP contribution is -2.64. The van der Waals surface area contributed by atoms with E-state index in [1.165, 1.54) is 0 Å². The Morgan fingerprint density at radius 1 is 1.38 bits per heavy atom. The van der Waals surface area contributed by atoms with E-state index in [4.69, 9.17) is 15.1 Å². The van der Waals surface area contributed by atoms with Crippen molar-refractivity contribution in [2.24, 2.45) is 5.73 Å². The minimum absolute atomic E-state index is 0.0642. The first-order chi connectivity index (χ1) is 11.1. The topological polar surface area (TPSA) is 165 Å². The lowest BCUT2D eigenvalue weighted by molar-refractivity contribution is -1.05. The zero-order valence-corrected chi connectivity index (χ0v) is 13.3. The summed E-state index contributed by atoms with van der Waals surface area (Å²) >= 11 is 0. The summed E-state index contributed by atoms with van der Waals surface area (Å²) in [5.74, 6) is -1.11. The zero-order valence-electron chi connectivity index (χ0n) is 12.5. The fraction of sp³-hybridized carbons (Fsp3) is 0.727. The molecule has 0 aliphatic carbocycles. The number of amides is 3. The van der Waals surface area contributed by atoms with Crippen LogP contribution in [0.1, 0.15) is 12.8 Å². The molecule has 13 heteroatoms. The molecule has 0 saturated carbocycles. The van der Waals surface area contributed by atoms with Gasteiger partial charge in [-0.25, -0.2) is 4.79 Å². The quantitative estimate of drug-likeness (QED) is 0.351. The molecule has 12 nitrogen and oxygen atoms in total. The van der Waals surface area contributed by atoms with Gasteiger partial charge in [-0.3, -0.25) is 14.1 Å². The van der Waals surface area contributed by atoms with E-state index in [2.05, 4.69) is 9.60 Å². The number of Topliss-reactive ketones (excluding diaryl/α,β-unsaturated/α-hetero) is 1. The van der Waals surface area contributed by atoms with Crippen molar-refractivity contribution in [3.8, 4) is 0 Å². The number of urea groups is 1. The van der Waals surface area contributed by atoms with Crippen LogP contribution in [0, 0.1) is 0 Å². The molecule has 3 rings (SSSR count). The number of nitrogens with two attached hydrogens (primary N) is 1. The van der Waals surface area contributed by atoms with Crippen LogP contribution in [0.5, 0.6) is 0 Å². The average molecular weight is 365 g/mol. The molecule has 4 N–H and O–H groups in total. The average Bonchev–Trinajstić information content (AvgIpc) is 2.94. The fourth-order valence-electron chi connectivity index (χ4n) is 3.40. The van der Waals surface area contributed by atoms with Crippen molar-refractivity contribution in [1.29, 1.82) is 0 Å². The second-order valence-electron chi connectivity index (χ2n) is 5.93. The highest BCUT2D eigenvalue weighted by Crippen LogP contribution is 2.39. The molecule has 0 radical (unpaired) electrons. The lowest BCUT2D eigenvalue weighted by Gasteiger charge is -2.36. The van der Waals surface area contributed by atoms with Crippen molar-refractivity contribution in [3.63, 3.8) is 0 Å². The Balaban J connectivity index is 1.95. The first-order valence-electron chi connectivity index (χ1n) is 7.24. The number of carbonyl (C=O) groups excluding carboxylic acids is 3. The van der Waals surface area contributed by atoms with Gasteiger partial charge in [-0.2, -0.15) is 13.3 Å². The Bertz CT molecular complexity index is 696. The summed E-state index contributed by atoms with van der Waals surface area (Å²) in [5, 5.41) is 3.26. The van der Waals surface area contributed by atoms with Crippen LogP contribution < -0.4 is 11.1 Å². The van der Waals surface area contributed by atoms with Gasteiger partial charge in [-0.1, -0.05) is 4.65 Å². The minimum Gasteiger partial charge on any atom is -0.364 e. The van der Waals surface area contributed by atoms with Gasteiger partial charge < -0.3 is 11.1 Å². The number of nitrogens with zero attached hydrogens (tertiary/aromatic N) is 2. The van der Waals surface area contributed by atoms with Crippen LogP contribution in [0.3, 0.4) is 0 Å². The van der Waals surface area contributed by atoms with Crippen LogP contribution in [0.25, 0.3) is 0 Å². The Morgan fingerprint density at radius 3 is 2.62 bits per heavy atom. The number of nitrogens with one attached hydrogen (secondary N) is 1. The van der Waals surface area contributed by atoms with E-state index in [-0.39, 0.29) is 38.3 Å². The Labute approximate surface area is 136 Å². The monoisotopic (exact) mass is 365 g/mol. The van der Waals surface area contributed by atoms with E-state index >= 15 is 0 Å². The van der Waals surface area contributed by atoms with E-state index in [9.17, 15) is 22.8 Å². The summed E-state index contributed by atoms with van der Waals surface area (Å²) in [5.41, 5.74) is 5.37. The molecule has 0 aromatic heterocycles. The first kappa shape index (κ1) is 17.2. The molecule has 0 aromatic rings. The van der Waals surface area contributed by atoms with E-state index < -0.39 is 45.2 Å². The van der Waals surface area contributed by atoms with Crippen molar-refractivity contribution < 1.29 is 41.1 Å². The smallest absolute Gasteiger partial charge is 0.364 e. The molecule has 0 spiro atoms. The number of hydrogen-bond donors (Lipinski definition) is 3. The number of fused-ring (bicyclic) bond motifs is 2. The molecule has 0 aromatic carbocycles. The van der Waals surface area contributed by atoms with E-state index in [0.29, 0.717) is 5.06 Å². The molecular weight excluding hydrogens is 348 g/mol. The summed E-state index contributed by atoms with van der Waals surface area (Å²) in [6.07, 6.45) is -0.597. The van der Waals surface area contributed by atoms with E-state index in [0.717, 1.165) is 0 Å². The molecule has 3 aliphatic rings. The maximum atomic E-state index is 12.7. The summed E-state index contributed by atoms with van der Waals surface area (Å²) in [6.45, 7) is 0.0991. The number of hydrogen-bond acceptors (Lipinski definition) is 8. The predicted octanol–water partition coefficient (Wildman–Crippen LogP) is -2.54. The highest BCUT2D eigenvalue weighted by Gasteiger charge is 2.66. The van der Waals surface area contributed by atoms with Gasteiger partial charge >= 0.3 is 16.4 Å². The molecule has 3 heterocycles. The molecule has 4 atom stereocenters. The van der Waals surface area contributed by atoms with Gasteiger partial charge in [0, 0.05) is 13.0 Å². The fourth-order valence-corrected chi connectivity index (χ4v) is 3.79. The van der Waals surface area contributed by atoms with Gasteiger partial charge in [0.1, 0.15) is 12.6 Å². The molecular formula is C11H17N4O8S+. The number of piperidine rings is 1. The molecule has 3 fully saturated rings. The minimum atomic E-state index is -4.94. The van der Waals surface area contributed by atoms with Crippen LogP contribution in [0.4, 0.5) is 4.79 Å². The van der Waals surface area contributed by atoms with Crippen molar-refractivity contribution in [1.82, 2.24) is 10.4 Å². The Hall–Kier alpha value is -1.64. The molecule has 24 heavy (non-hydrogen) atoms. The number of ketones is 1. The maximum Gasteiger partial charge on any atom is 0.477 e. The number of carbonyl (C=O) groups is 3. The molecule has 3 amide bonds. The van der Waals surface area contributed by atoms with Crippen molar-refractivity contribution in [2.75, 3.05) is 19.6 Å². The molecule has 2 bridgehead atoms. The SMILES string of the molecule is NC(=O)[C@@H]1CC[C@@H]2C[N+]1(OC1CNCC1=O)C(=O)N2OS(=O)(=O)O. The highest BCUT2D eigenvalue weighted by atomic mass is 32.3. The van der Waals surface area contributed by atoms with Crippen molar-refractivity contribution in [2.45, 2.75) is 31.0 Å². The van der Waals surface area contributed by atoms with Gasteiger partial charge in [0.25, 0.3) is 5.91 Å². The third-order valence-corrected chi connectivity index (χ3v) is 4.76. The molecule has 3 aliphatic heterocycles. The van der Waals surface area contributed by atoms with Crippen LogP contribution in [-0.2, 0) is 29.1 Å². The van der Waals surface area contributed by atoms with E-state index in [1.54, 1.807) is 0 Å². The van der Waals surface area contributed by atoms with Crippen LogP contribution >= 0.6 is 0 Å². The van der Waals surface area contributed by atoms with Gasteiger partial charge in [-0.05, 0) is 6.42 Å². The molecule has 3 saturated heterocycles. The van der Waals surface area contributed by atoms with Gasteiger partial charge in [0.2, 0.25) is 6.04 Å². The first-order valence-corrected chi connectivity index (χ1v) is 8.60. The third kappa shape index (κ3) is 2.78. The maximum absolute atomic E-state index is 12.7. The summed E-state index contributed by atoms with van der Waals surface area (Å²) < 4.78 is 34.2. The second-order valence-corrected chi connectivity index (χ2v) is 6.93. The van der Waals surface area contributed by atoms with Gasteiger partial charge in [0.05, 0.1) is 6.54 Å². The highest BCUT2D eigenvalue weighted by molar-refractivity contribution is 7.80. The Kier molecular flexibility index (Phi) is 4.09. The lowest BCUT2D eigenvalue weighted by atomic mass is 10.00. The van der Waals surface area contributed by atoms with Crippen molar-refractivity contribution >= 4 is 28.1 Å². The Morgan fingerprint density at radius 2 is 2.08 bits per heavy atom. The molecule has 134 valence electrons.